The van der Waals surface area contributed by atoms with Gasteiger partial charge in [0.15, 0.2) is 0 Å². The average molecular weight is 196 g/mol. The molecule has 1 aromatic rings. The Morgan fingerprint density at radius 1 is 1.57 bits per heavy atom. The number of aromatic nitrogens is 1. The lowest BCUT2D eigenvalue weighted by Gasteiger charge is -2.23. The summed E-state index contributed by atoms with van der Waals surface area (Å²) >= 11 is 0. The lowest BCUT2D eigenvalue weighted by molar-refractivity contribution is 0.209. The van der Waals surface area contributed by atoms with E-state index in [4.69, 9.17) is 15.6 Å². The molecule has 0 aromatic carbocycles. The van der Waals surface area contributed by atoms with E-state index in [0.717, 1.165) is 11.3 Å². The van der Waals surface area contributed by atoms with Crippen molar-refractivity contribution in [2.24, 2.45) is 5.73 Å². The minimum atomic E-state index is -0.747. The molecule has 0 aliphatic rings. The van der Waals surface area contributed by atoms with Gasteiger partial charge in [-0.05, 0) is 25.5 Å². The normalized spacial score (nSPS) is 14.9. The third-order valence-corrected chi connectivity index (χ3v) is 2.21. The molecular weight excluding hydrogens is 180 g/mol. The van der Waals surface area contributed by atoms with E-state index in [1.54, 1.807) is 20.1 Å². The summed E-state index contributed by atoms with van der Waals surface area (Å²) in [4.78, 5) is 4.19. The number of hydrogen-bond donors (Lipinski definition) is 2. The average Bonchev–Trinajstić information content (AvgIpc) is 2.17. The third kappa shape index (κ3) is 2.02. The Morgan fingerprint density at radius 3 is 2.64 bits per heavy atom. The molecule has 0 saturated carbocycles. The van der Waals surface area contributed by atoms with Crippen LogP contribution in [-0.2, 0) is 5.54 Å². The van der Waals surface area contributed by atoms with Gasteiger partial charge in [-0.3, -0.25) is 0 Å². The second-order valence-electron chi connectivity index (χ2n) is 3.56. The zero-order chi connectivity index (χ0) is 10.8. The molecule has 1 aromatic heterocycles. The summed E-state index contributed by atoms with van der Waals surface area (Å²) in [6.45, 7) is 3.50. The van der Waals surface area contributed by atoms with E-state index in [-0.39, 0.29) is 6.61 Å². The number of hydrogen-bond acceptors (Lipinski definition) is 4. The number of rotatable bonds is 3. The van der Waals surface area contributed by atoms with Crippen LogP contribution >= 0.6 is 0 Å². The first kappa shape index (κ1) is 10.9. The van der Waals surface area contributed by atoms with Gasteiger partial charge < -0.3 is 15.6 Å². The van der Waals surface area contributed by atoms with Crippen molar-refractivity contribution < 1.29 is 9.84 Å². The standard InChI is InChI=1S/C10H16N2O2/c1-7-8(10(2,11)6-13)4-5-9(12-7)14-3/h4-5,13H,6,11H2,1-3H3. The Kier molecular flexibility index (Phi) is 3.08. The Labute approximate surface area is 83.7 Å². The second-order valence-corrected chi connectivity index (χ2v) is 3.56. The van der Waals surface area contributed by atoms with Gasteiger partial charge in [0.1, 0.15) is 0 Å². The van der Waals surface area contributed by atoms with Crippen molar-refractivity contribution in [2.75, 3.05) is 13.7 Å². The van der Waals surface area contributed by atoms with Crippen molar-refractivity contribution in [1.82, 2.24) is 4.98 Å². The van der Waals surface area contributed by atoms with Crippen molar-refractivity contribution in [3.05, 3.63) is 23.4 Å². The Hall–Kier alpha value is -1.13. The molecule has 0 saturated heterocycles. The van der Waals surface area contributed by atoms with Gasteiger partial charge in [0, 0.05) is 11.8 Å². The van der Waals surface area contributed by atoms with Crippen LogP contribution in [0.4, 0.5) is 0 Å². The summed E-state index contributed by atoms with van der Waals surface area (Å²) in [5, 5.41) is 9.11. The Balaban J connectivity index is 3.12. The maximum atomic E-state index is 9.11. The number of aryl methyl sites for hydroxylation is 1. The van der Waals surface area contributed by atoms with Crippen LogP contribution in [0.15, 0.2) is 12.1 Å². The first-order valence-corrected chi connectivity index (χ1v) is 4.43. The highest BCUT2D eigenvalue weighted by Crippen LogP contribution is 2.21. The van der Waals surface area contributed by atoms with E-state index in [9.17, 15) is 0 Å². The summed E-state index contributed by atoms with van der Waals surface area (Å²) in [6, 6.07) is 3.57. The van der Waals surface area contributed by atoms with Gasteiger partial charge in [-0.2, -0.15) is 0 Å². The van der Waals surface area contributed by atoms with E-state index in [0.29, 0.717) is 5.88 Å². The summed E-state index contributed by atoms with van der Waals surface area (Å²) < 4.78 is 4.98. The van der Waals surface area contributed by atoms with Crippen LogP contribution in [0.25, 0.3) is 0 Å². The number of methoxy groups -OCH3 is 1. The second kappa shape index (κ2) is 3.94. The molecule has 4 heteroatoms. The molecule has 0 spiro atoms. The van der Waals surface area contributed by atoms with Crippen LogP contribution in [0.2, 0.25) is 0 Å². The van der Waals surface area contributed by atoms with Gasteiger partial charge in [-0.1, -0.05) is 0 Å². The molecule has 1 rings (SSSR count). The molecule has 14 heavy (non-hydrogen) atoms. The van der Waals surface area contributed by atoms with E-state index in [1.807, 2.05) is 13.0 Å². The number of ether oxygens (including phenoxy) is 1. The van der Waals surface area contributed by atoms with E-state index < -0.39 is 5.54 Å². The zero-order valence-corrected chi connectivity index (χ0v) is 8.74. The monoisotopic (exact) mass is 196 g/mol. The fourth-order valence-corrected chi connectivity index (χ4v) is 1.34. The van der Waals surface area contributed by atoms with E-state index in [2.05, 4.69) is 4.98 Å². The van der Waals surface area contributed by atoms with Crippen molar-refractivity contribution in [3.63, 3.8) is 0 Å². The predicted octanol–water partition coefficient (Wildman–Crippen LogP) is 0.565. The Morgan fingerprint density at radius 2 is 2.21 bits per heavy atom. The van der Waals surface area contributed by atoms with Crippen molar-refractivity contribution in [2.45, 2.75) is 19.4 Å². The van der Waals surface area contributed by atoms with Gasteiger partial charge in [-0.25, -0.2) is 4.98 Å². The van der Waals surface area contributed by atoms with Gasteiger partial charge in [-0.15, -0.1) is 0 Å². The van der Waals surface area contributed by atoms with Gasteiger partial charge in [0.25, 0.3) is 0 Å². The molecule has 0 aliphatic carbocycles. The smallest absolute Gasteiger partial charge is 0.213 e. The number of nitrogens with zero attached hydrogens (tertiary/aromatic N) is 1. The van der Waals surface area contributed by atoms with Gasteiger partial charge >= 0.3 is 0 Å². The largest absolute Gasteiger partial charge is 0.481 e. The molecule has 3 N–H and O–H groups in total. The molecule has 1 unspecified atom stereocenters. The maximum absolute atomic E-state index is 9.11. The van der Waals surface area contributed by atoms with Crippen molar-refractivity contribution in [3.8, 4) is 5.88 Å². The van der Waals surface area contributed by atoms with Crippen molar-refractivity contribution >= 4 is 0 Å². The van der Waals surface area contributed by atoms with Gasteiger partial charge in [0.2, 0.25) is 5.88 Å². The minimum Gasteiger partial charge on any atom is -0.481 e. The quantitative estimate of drug-likeness (QED) is 0.741. The highest BCUT2D eigenvalue weighted by molar-refractivity contribution is 5.30. The van der Waals surface area contributed by atoms with Crippen LogP contribution in [0.3, 0.4) is 0 Å². The van der Waals surface area contributed by atoms with Crippen molar-refractivity contribution in [1.29, 1.82) is 0 Å². The third-order valence-electron chi connectivity index (χ3n) is 2.21. The minimum absolute atomic E-state index is 0.109. The molecule has 0 radical (unpaired) electrons. The lowest BCUT2D eigenvalue weighted by Crippen LogP contribution is -2.37. The highest BCUT2D eigenvalue weighted by atomic mass is 16.5. The number of aliphatic hydroxyl groups is 1. The van der Waals surface area contributed by atoms with Crippen LogP contribution in [0, 0.1) is 6.92 Å². The molecule has 1 heterocycles. The topological polar surface area (TPSA) is 68.4 Å². The number of pyridine rings is 1. The van der Waals surface area contributed by atoms with Gasteiger partial charge in [0.05, 0.1) is 19.3 Å². The lowest BCUT2D eigenvalue weighted by atomic mass is 9.93. The summed E-state index contributed by atoms with van der Waals surface area (Å²) in [7, 11) is 1.56. The summed E-state index contributed by atoms with van der Waals surface area (Å²) in [5.41, 5.74) is 6.77. The number of nitrogens with two attached hydrogens (primary N) is 1. The molecule has 78 valence electrons. The molecule has 0 bridgehead atoms. The molecule has 4 nitrogen and oxygen atoms in total. The van der Waals surface area contributed by atoms with Crippen LogP contribution in [0.5, 0.6) is 5.88 Å². The fraction of sp³-hybridized carbons (Fsp3) is 0.500. The van der Waals surface area contributed by atoms with Crippen LogP contribution in [-0.4, -0.2) is 23.8 Å². The van der Waals surface area contributed by atoms with E-state index in [1.165, 1.54) is 0 Å². The predicted molar refractivity (Wildman–Crippen MR) is 54.2 cm³/mol. The molecule has 0 aliphatic heterocycles. The summed E-state index contributed by atoms with van der Waals surface area (Å²) in [5.74, 6) is 0.556. The maximum Gasteiger partial charge on any atom is 0.213 e. The molecule has 0 amide bonds. The first-order chi connectivity index (χ1) is 6.51. The SMILES string of the molecule is COc1ccc(C(C)(N)CO)c(C)n1. The molecule has 1 atom stereocenters. The van der Waals surface area contributed by atoms with E-state index >= 15 is 0 Å². The first-order valence-electron chi connectivity index (χ1n) is 4.43. The number of aliphatic hydroxyl groups excluding tert-OH is 1. The zero-order valence-electron chi connectivity index (χ0n) is 8.74. The summed E-state index contributed by atoms with van der Waals surface area (Å²) in [6.07, 6.45) is 0. The molecular formula is C10H16N2O2. The molecule has 0 fully saturated rings. The van der Waals surface area contributed by atoms with Crippen LogP contribution in [0.1, 0.15) is 18.2 Å². The highest BCUT2D eigenvalue weighted by Gasteiger charge is 2.22. The fourth-order valence-electron chi connectivity index (χ4n) is 1.34. The Bertz CT molecular complexity index is 324. The van der Waals surface area contributed by atoms with Crippen LogP contribution < -0.4 is 10.5 Å².